The third kappa shape index (κ3) is 1.64. The standard InChI is InChI=1S/C10H14N2/c1-7-4-5-9(8(2)6-7)10(11)12-3/h4-6H,1-3H3,(H2,11,12). The fourth-order valence-electron chi connectivity index (χ4n) is 1.23. The van der Waals surface area contributed by atoms with Crippen molar-refractivity contribution in [1.29, 1.82) is 5.41 Å². The smallest absolute Gasteiger partial charge is 0.125 e. The van der Waals surface area contributed by atoms with E-state index in [1.165, 1.54) is 5.56 Å². The molecule has 0 heterocycles. The van der Waals surface area contributed by atoms with Crippen LogP contribution in [0.25, 0.3) is 0 Å². The van der Waals surface area contributed by atoms with Gasteiger partial charge < -0.3 is 5.32 Å². The fourth-order valence-corrected chi connectivity index (χ4v) is 1.23. The molecule has 0 spiro atoms. The van der Waals surface area contributed by atoms with Crippen LogP contribution in [0.5, 0.6) is 0 Å². The molecule has 2 nitrogen and oxygen atoms in total. The van der Waals surface area contributed by atoms with E-state index in [0.717, 1.165) is 11.1 Å². The van der Waals surface area contributed by atoms with Crippen molar-refractivity contribution in [3.63, 3.8) is 0 Å². The number of nitrogens with one attached hydrogen (secondary N) is 2. The molecule has 0 radical (unpaired) electrons. The Morgan fingerprint density at radius 3 is 2.50 bits per heavy atom. The molecular formula is C10H14N2. The van der Waals surface area contributed by atoms with Crippen LogP contribution in [0, 0.1) is 19.3 Å². The van der Waals surface area contributed by atoms with E-state index >= 15 is 0 Å². The molecule has 0 saturated carbocycles. The van der Waals surface area contributed by atoms with E-state index in [1.807, 2.05) is 19.1 Å². The van der Waals surface area contributed by atoms with Crippen molar-refractivity contribution in [2.24, 2.45) is 0 Å². The molecule has 1 aromatic rings. The first-order valence-electron chi connectivity index (χ1n) is 3.99. The summed E-state index contributed by atoms with van der Waals surface area (Å²) >= 11 is 0. The number of benzene rings is 1. The molecule has 12 heavy (non-hydrogen) atoms. The minimum absolute atomic E-state index is 0.479. The van der Waals surface area contributed by atoms with Crippen molar-refractivity contribution in [3.8, 4) is 0 Å². The van der Waals surface area contributed by atoms with Gasteiger partial charge in [0.05, 0.1) is 0 Å². The lowest BCUT2D eigenvalue weighted by Crippen LogP contribution is -2.18. The second-order valence-electron chi connectivity index (χ2n) is 2.94. The SMILES string of the molecule is CNC(=N)c1ccc(C)cc1C. The highest BCUT2D eigenvalue weighted by molar-refractivity contribution is 5.97. The molecule has 0 saturated heterocycles. The molecule has 0 aliphatic heterocycles. The van der Waals surface area contributed by atoms with E-state index in [4.69, 9.17) is 5.41 Å². The van der Waals surface area contributed by atoms with Crippen molar-refractivity contribution < 1.29 is 0 Å². The van der Waals surface area contributed by atoms with E-state index < -0.39 is 0 Å². The Morgan fingerprint density at radius 1 is 1.33 bits per heavy atom. The second kappa shape index (κ2) is 3.39. The summed E-state index contributed by atoms with van der Waals surface area (Å²) in [6.07, 6.45) is 0. The molecular weight excluding hydrogens is 148 g/mol. The largest absolute Gasteiger partial charge is 0.373 e. The highest BCUT2D eigenvalue weighted by Crippen LogP contribution is 2.09. The van der Waals surface area contributed by atoms with Crippen molar-refractivity contribution >= 4 is 5.84 Å². The lowest BCUT2D eigenvalue weighted by molar-refractivity contribution is 1.13. The van der Waals surface area contributed by atoms with Crippen LogP contribution in [-0.4, -0.2) is 12.9 Å². The highest BCUT2D eigenvalue weighted by Gasteiger charge is 2.01. The lowest BCUT2D eigenvalue weighted by atomic mass is 10.1. The van der Waals surface area contributed by atoms with Crippen molar-refractivity contribution in [2.45, 2.75) is 13.8 Å². The van der Waals surface area contributed by atoms with Crippen LogP contribution < -0.4 is 5.32 Å². The van der Waals surface area contributed by atoms with Gasteiger partial charge in [-0.1, -0.05) is 23.8 Å². The lowest BCUT2D eigenvalue weighted by Gasteiger charge is -2.07. The van der Waals surface area contributed by atoms with E-state index in [1.54, 1.807) is 7.05 Å². The zero-order chi connectivity index (χ0) is 9.14. The van der Waals surface area contributed by atoms with Crippen LogP contribution >= 0.6 is 0 Å². The minimum atomic E-state index is 0.479. The summed E-state index contributed by atoms with van der Waals surface area (Å²) in [5.74, 6) is 0.479. The summed E-state index contributed by atoms with van der Waals surface area (Å²) in [6, 6.07) is 6.08. The molecule has 2 heteroatoms. The first-order valence-corrected chi connectivity index (χ1v) is 3.99. The van der Waals surface area contributed by atoms with Crippen LogP contribution in [0.2, 0.25) is 0 Å². The van der Waals surface area contributed by atoms with Crippen molar-refractivity contribution in [2.75, 3.05) is 7.05 Å². The monoisotopic (exact) mass is 162 g/mol. The number of hydrogen-bond donors (Lipinski definition) is 2. The molecule has 0 amide bonds. The maximum Gasteiger partial charge on any atom is 0.125 e. The molecule has 0 unspecified atom stereocenters. The predicted molar refractivity (Wildman–Crippen MR) is 51.8 cm³/mol. The highest BCUT2D eigenvalue weighted by atomic mass is 14.9. The van der Waals surface area contributed by atoms with Gasteiger partial charge in [-0.25, -0.2) is 0 Å². The summed E-state index contributed by atoms with van der Waals surface area (Å²) in [6.45, 7) is 4.08. The Labute approximate surface area is 73.1 Å². The maximum absolute atomic E-state index is 7.58. The zero-order valence-electron chi connectivity index (χ0n) is 7.73. The Hall–Kier alpha value is -1.31. The number of rotatable bonds is 1. The fraction of sp³-hybridized carbons (Fsp3) is 0.300. The normalized spacial score (nSPS) is 9.58. The molecule has 0 bridgehead atoms. The second-order valence-corrected chi connectivity index (χ2v) is 2.94. The summed E-state index contributed by atoms with van der Waals surface area (Å²) < 4.78 is 0. The molecule has 2 N–H and O–H groups in total. The molecule has 1 aromatic carbocycles. The minimum Gasteiger partial charge on any atom is -0.373 e. The summed E-state index contributed by atoms with van der Waals surface area (Å²) in [5.41, 5.74) is 3.36. The van der Waals surface area contributed by atoms with E-state index in [-0.39, 0.29) is 0 Å². The summed E-state index contributed by atoms with van der Waals surface area (Å²) in [7, 11) is 1.77. The Kier molecular flexibility index (Phi) is 2.48. The first-order chi connectivity index (χ1) is 5.65. The summed E-state index contributed by atoms with van der Waals surface area (Å²) in [4.78, 5) is 0. The van der Waals surface area contributed by atoms with Crippen LogP contribution in [-0.2, 0) is 0 Å². The topological polar surface area (TPSA) is 35.9 Å². The predicted octanol–water partition coefficient (Wildman–Crippen LogP) is 1.85. The van der Waals surface area contributed by atoms with Gasteiger partial charge in [-0.05, 0) is 19.4 Å². The quantitative estimate of drug-likeness (QED) is 0.480. The van der Waals surface area contributed by atoms with E-state index in [2.05, 4.69) is 18.3 Å². The first kappa shape index (κ1) is 8.78. The van der Waals surface area contributed by atoms with Gasteiger partial charge in [-0.3, -0.25) is 5.41 Å². The van der Waals surface area contributed by atoms with Crippen LogP contribution in [0.4, 0.5) is 0 Å². The number of aryl methyl sites for hydroxylation is 2. The molecule has 0 fully saturated rings. The van der Waals surface area contributed by atoms with Gasteiger partial charge in [0.25, 0.3) is 0 Å². The molecule has 0 atom stereocenters. The maximum atomic E-state index is 7.58. The summed E-state index contributed by atoms with van der Waals surface area (Å²) in [5, 5.41) is 10.4. The van der Waals surface area contributed by atoms with Crippen LogP contribution in [0.15, 0.2) is 18.2 Å². The Bertz CT molecular complexity index is 303. The Balaban J connectivity index is 3.09. The van der Waals surface area contributed by atoms with E-state index in [9.17, 15) is 0 Å². The molecule has 0 aromatic heterocycles. The molecule has 0 aliphatic rings. The Morgan fingerprint density at radius 2 is 2.00 bits per heavy atom. The van der Waals surface area contributed by atoms with Gasteiger partial charge in [0.15, 0.2) is 0 Å². The number of hydrogen-bond acceptors (Lipinski definition) is 1. The van der Waals surface area contributed by atoms with Crippen LogP contribution in [0.3, 0.4) is 0 Å². The average Bonchev–Trinajstić information content (AvgIpc) is 2.03. The van der Waals surface area contributed by atoms with Gasteiger partial charge in [0.2, 0.25) is 0 Å². The third-order valence-electron chi connectivity index (χ3n) is 1.90. The van der Waals surface area contributed by atoms with Gasteiger partial charge in [0.1, 0.15) is 5.84 Å². The van der Waals surface area contributed by atoms with Crippen LogP contribution in [0.1, 0.15) is 16.7 Å². The third-order valence-corrected chi connectivity index (χ3v) is 1.90. The van der Waals surface area contributed by atoms with Gasteiger partial charge >= 0.3 is 0 Å². The molecule has 64 valence electrons. The van der Waals surface area contributed by atoms with Gasteiger partial charge in [0, 0.05) is 12.6 Å². The van der Waals surface area contributed by atoms with Gasteiger partial charge in [-0.15, -0.1) is 0 Å². The van der Waals surface area contributed by atoms with Gasteiger partial charge in [-0.2, -0.15) is 0 Å². The van der Waals surface area contributed by atoms with Crippen molar-refractivity contribution in [3.05, 3.63) is 34.9 Å². The molecule has 1 rings (SSSR count). The van der Waals surface area contributed by atoms with E-state index in [0.29, 0.717) is 5.84 Å². The zero-order valence-corrected chi connectivity index (χ0v) is 7.73. The average molecular weight is 162 g/mol. The molecule has 0 aliphatic carbocycles. The number of amidine groups is 1. The van der Waals surface area contributed by atoms with Crippen molar-refractivity contribution in [1.82, 2.24) is 5.32 Å².